The highest BCUT2D eigenvalue weighted by molar-refractivity contribution is 7.03. The lowest BCUT2D eigenvalue weighted by Gasteiger charge is -2.11. The zero-order valence-corrected chi connectivity index (χ0v) is 21.4. The molecule has 0 aliphatic heterocycles. The molecule has 0 aliphatic carbocycles. The largest absolute Gasteiger partial charge is 0.494 e. The fourth-order valence-corrected chi connectivity index (χ4v) is 4.43. The van der Waals surface area contributed by atoms with Crippen LogP contribution in [0.3, 0.4) is 0 Å². The van der Waals surface area contributed by atoms with Crippen LogP contribution in [0.25, 0.3) is 33.6 Å². The first-order valence-corrected chi connectivity index (χ1v) is 12.5. The number of benzene rings is 2. The molecule has 0 saturated heterocycles. The maximum atomic E-state index is 13.3. The molecule has 0 fully saturated rings. The Labute approximate surface area is 224 Å². The summed E-state index contributed by atoms with van der Waals surface area (Å²) < 4.78 is 54.8. The zero-order chi connectivity index (χ0) is 27.7. The first kappa shape index (κ1) is 26.3. The number of oxazole rings is 1. The number of nitrogens with two attached hydrogens (primary N) is 1. The van der Waals surface area contributed by atoms with E-state index in [0.717, 1.165) is 22.9 Å². The Kier molecular flexibility index (Phi) is 7.02. The van der Waals surface area contributed by atoms with Gasteiger partial charge in [-0.25, -0.2) is 9.97 Å². The van der Waals surface area contributed by atoms with Crippen LogP contribution < -0.4 is 15.8 Å². The van der Waals surface area contributed by atoms with Gasteiger partial charge in [-0.1, -0.05) is 28.8 Å². The number of rotatable bonds is 7. The third-order valence-corrected chi connectivity index (χ3v) is 6.41. The molecule has 3 N–H and O–H groups in total. The van der Waals surface area contributed by atoms with Crippen molar-refractivity contribution in [2.24, 2.45) is 5.73 Å². The molecule has 5 aromatic rings. The molecule has 0 spiro atoms. The van der Waals surface area contributed by atoms with Crippen LogP contribution in [0.2, 0.25) is 0 Å². The maximum Gasteiger partial charge on any atom is 0.433 e. The highest BCUT2D eigenvalue weighted by atomic mass is 32.1. The van der Waals surface area contributed by atoms with Gasteiger partial charge in [0.1, 0.15) is 22.7 Å². The lowest BCUT2D eigenvalue weighted by atomic mass is 10.1. The molecule has 0 aliphatic rings. The number of aromatic nitrogens is 4. The van der Waals surface area contributed by atoms with Crippen LogP contribution in [-0.4, -0.2) is 32.6 Å². The second-order valence-corrected chi connectivity index (χ2v) is 9.21. The number of carbonyl (C=O) groups is 1. The van der Waals surface area contributed by atoms with E-state index in [2.05, 4.69) is 24.9 Å². The van der Waals surface area contributed by atoms with Gasteiger partial charge in [0.25, 0.3) is 5.91 Å². The van der Waals surface area contributed by atoms with E-state index < -0.39 is 23.8 Å². The Balaban J connectivity index is 1.44. The minimum Gasteiger partial charge on any atom is -0.494 e. The Morgan fingerprint density at radius 2 is 1.90 bits per heavy atom. The van der Waals surface area contributed by atoms with Gasteiger partial charge in [0.05, 0.1) is 13.2 Å². The summed E-state index contributed by atoms with van der Waals surface area (Å²) in [6.07, 6.45) is -4.64. The fourth-order valence-electron chi connectivity index (χ4n) is 3.97. The van der Waals surface area contributed by atoms with E-state index in [4.69, 9.17) is 14.9 Å². The molecule has 200 valence electrons. The number of nitrogens with one attached hydrogen (secondary N) is 1. The standard InChI is InChI=1S/C26H21F3N6O3S/c1-13(30)23-22(24(36)31-11-14-3-5-15(6-4-14)18-12-39-35-34-18)33-25(38-23)17-7-9-19(37-2)21-16(17)8-10-20(32-21)26(27,28)29/h3-10,12-13H,11,30H2,1-2H3,(H,31,36)/t13-/m0/s1. The molecule has 3 aromatic heterocycles. The maximum absolute atomic E-state index is 13.3. The molecule has 2 aromatic carbocycles. The lowest BCUT2D eigenvalue weighted by molar-refractivity contribution is -0.140. The number of alkyl halides is 3. The van der Waals surface area contributed by atoms with Crippen molar-refractivity contribution in [2.75, 3.05) is 7.11 Å². The summed E-state index contributed by atoms with van der Waals surface area (Å²) in [5.74, 6) is -0.213. The van der Waals surface area contributed by atoms with Crippen LogP contribution in [-0.2, 0) is 12.7 Å². The first-order valence-electron chi connectivity index (χ1n) is 11.6. The minimum absolute atomic E-state index is 0.0166. The molecule has 0 bridgehead atoms. The number of amides is 1. The summed E-state index contributed by atoms with van der Waals surface area (Å²) in [5, 5.41) is 8.99. The van der Waals surface area contributed by atoms with E-state index in [1.807, 2.05) is 29.6 Å². The summed E-state index contributed by atoms with van der Waals surface area (Å²) >= 11 is 1.26. The topological polar surface area (TPSA) is 129 Å². The summed E-state index contributed by atoms with van der Waals surface area (Å²) in [4.78, 5) is 21.2. The van der Waals surface area contributed by atoms with Gasteiger partial charge in [-0.2, -0.15) is 13.2 Å². The smallest absolute Gasteiger partial charge is 0.433 e. The van der Waals surface area contributed by atoms with Crippen molar-refractivity contribution in [3.05, 3.63) is 76.6 Å². The number of methoxy groups -OCH3 is 1. The SMILES string of the molecule is COc1ccc(-c2nc(C(=O)NCc3ccc(-c4csnn4)cc3)c([C@H](C)N)o2)c2ccc(C(F)(F)F)nc12. The van der Waals surface area contributed by atoms with Gasteiger partial charge in [0.2, 0.25) is 5.89 Å². The molecular weight excluding hydrogens is 533 g/mol. The van der Waals surface area contributed by atoms with Gasteiger partial charge >= 0.3 is 6.18 Å². The first-order chi connectivity index (χ1) is 18.7. The quantitative estimate of drug-likeness (QED) is 0.274. The van der Waals surface area contributed by atoms with Gasteiger partial charge in [-0.15, -0.1) is 5.10 Å². The van der Waals surface area contributed by atoms with Crippen LogP contribution in [0.15, 0.2) is 58.3 Å². The van der Waals surface area contributed by atoms with E-state index in [1.54, 1.807) is 13.0 Å². The lowest BCUT2D eigenvalue weighted by Crippen LogP contribution is -2.25. The number of hydrogen-bond acceptors (Lipinski definition) is 9. The third kappa shape index (κ3) is 5.31. The van der Waals surface area contributed by atoms with Gasteiger partial charge in [-0.05, 0) is 48.3 Å². The summed E-state index contributed by atoms with van der Waals surface area (Å²) in [6.45, 7) is 1.85. The number of nitrogens with zero attached hydrogens (tertiary/aromatic N) is 4. The Hall–Kier alpha value is -4.36. The molecule has 13 heteroatoms. The van der Waals surface area contributed by atoms with Gasteiger partial charge in [0, 0.05) is 28.4 Å². The van der Waals surface area contributed by atoms with Crippen molar-refractivity contribution in [1.29, 1.82) is 0 Å². The monoisotopic (exact) mass is 554 g/mol. The second kappa shape index (κ2) is 10.4. The molecule has 1 amide bonds. The number of fused-ring (bicyclic) bond motifs is 1. The van der Waals surface area contributed by atoms with E-state index >= 15 is 0 Å². The second-order valence-electron chi connectivity index (χ2n) is 8.60. The van der Waals surface area contributed by atoms with E-state index in [-0.39, 0.29) is 35.2 Å². The predicted molar refractivity (Wildman–Crippen MR) is 138 cm³/mol. The highest BCUT2D eigenvalue weighted by Crippen LogP contribution is 2.37. The predicted octanol–water partition coefficient (Wildman–Crippen LogP) is 5.39. The molecule has 1 atom stereocenters. The number of carbonyl (C=O) groups excluding carboxylic acids is 1. The van der Waals surface area contributed by atoms with E-state index in [0.29, 0.717) is 10.9 Å². The molecule has 0 unspecified atom stereocenters. The molecule has 0 saturated carbocycles. The number of hydrogen-bond donors (Lipinski definition) is 2. The van der Waals surface area contributed by atoms with Crippen molar-refractivity contribution < 1.29 is 27.1 Å². The fraction of sp³-hybridized carbons (Fsp3) is 0.192. The summed E-state index contributed by atoms with van der Waals surface area (Å²) in [7, 11) is 1.34. The van der Waals surface area contributed by atoms with Crippen molar-refractivity contribution in [3.63, 3.8) is 0 Å². The zero-order valence-electron chi connectivity index (χ0n) is 20.6. The summed E-state index contributed by atoms with van der Waals surface area (Å²) in [6, 6.07) is 12.0. The Morgan fingerprint density at radius 3 is 2.54 bits per heavy atom. The normalized spacial score (nSPS) is 12.5. The van der Waals surface area contributed by atoms with Crippen molar-refractivity contribution in [2.45, 2.75) is 25.7 Å². The molecule has 39 heavy (non-hydrogen) atoms. The molecule has 5 rings (SSSR count). The van der Waals surface area contributed by atoms with E-state index in [1.165, 1.54) is 30.8 Å². The number of pyridine rings is 1. The summed E-state index contributed by atoms with van der Waals surface area (Å²) in [5.41, 5.74) is 7.80. The van der Waals surface area contributed by atoms with Crippen molar-refractivity contribution >= 4 is 28.3 Å². The van der Waals surface area contributed by atoms with Crippen molar-refractivity contribution in [1.82, 2.24) is 24.9 Å². The van der Waals surface area contributed by atoms with Crippen molar-refractivity contribution in [3.8, 4) is 28.5 Å². The molecule has 0 radical (unpaired) electrons. The van der Waals surface area contributed by atoms with Crippen LogP contribution in [0.4, 0.5) is 13.2 Å². The molecule has 3 heterocycles. The van der Waals surface area contributed by atoms with Crippen LogP contribution in [0.1, 0.15) is 40.5 Å². The van der Waals surface area contributed by atoms with Crippen LogP contribution in [0, 0.1) is 0 Å². The van der Waals surface area contributed by atoms with Crippen LogP contribution >= 0.6 is 11.5 Å². The third-order valence-electron chi connectivity index (χ3n) is 5.91. The van der Waals surface area contributed by atoms with Crippen LogP contribution in [0.5, 0.6) is 5.75 Å². The van der Waals surface area contributed by atoms with Gasteiger partial charge < -0.3 is 20.2 Å². The highest BCUT2D eigenvalue weighted by Gasteiger charge is 2.33. The van der Waals surface area contributed by atoms with Gasteiger partial charge in [0.15, 0.2) is 11.5 Å². The average molecular weight is 555 g/mol. The number of halogens is 3. The average Bonchev–Trinajstić information content (AvgIpc) is 3.62. The molecule has 9 nitrogen and oxygen atoms in total. The van der Waals surface area contributed by atoms with E-state index in [9.17, 15) is 18.0 Å². The minimum atomic E-state index is -4.64. The molecular formula is C26H21F3N6O3S. The van der Waals surface area contributed by atoms with Gasteiger partial charge in [-0.3, -0.25) is 4.79 Å². The Morgan fingerprint density at radius 1 is 1.13 bits per heavy atom. The Bertz CT molecular complexity index is 1630. The number of ether oxygens (including phenoxy) is 1.